The second-order valence-electron chi connectivity index (χ2n) is 15.7. The smallest absolute Gasteiger partial charge is 0.0467 e. The number of anilines is 3. The number of hydrogen-bond donors (Lipinski definition) is 0. The molecule has 11 aromatic rings. The van der Waals surface area contributed by atoms with Gasteiger partial charge < -0.3 is 4.90 Å². The van der Waals surface area contributed by atoms with Gasteiger partial charge in [-0.3, -0.25) is 0 Å². The van der Waals surface area contributed by atoms with Gasteiger partial charge in [-0.1, -0.05) is 212 Å². The lowest BCUT2D eigenvalue weighted by molar-refractivity contribution is 1.28. The van der Waals surface area contributed by atoms with E-state index in [4.69, 9.17) is 0 Å². The van der Waals surface area contributed by atoms with Crippen molar-refractivity contribution in [2.75, 3.05) is 4.90 Å². The molecule has 0 bridgehead atoms. The van der Waals surface area contributed by atoms with E-state index in [1.807, 2.05) is 0 Å². The Morgan fingerprint density at radius 1 is 0.213 bits per heavy atom. The first-order valence-corrected chi connectivity index (χ1v) is 21.0. The zero-order valence-corrected chi connectivity index (χ0v) is 33.6. The normalized spacial score (nSPS) is 11.3. The van der Waals surface area contributed by atoms with Crippen LogP contribution in [0.1, 0.15) is 0 Å². The number of benzene rings is 11. The second-order valence-corrected chi connectivity index (χ2v) is 15.7. The van der Waals surface area contributed by atoms with Gasteiger partial charge in [-0.25, -0.2) is 0 Å². The highest BCUT2D eigenvalue weighted by atomic mass is 15.1. The van der Waals surface area contributed by atoms with E-state index < -0.39 is 0 Å². The molecule has 11 rings (SSSR count). The van der Waals surface area contributed by atoms with Crippen LogP contribution in [-0.4, -0.2) is 0 Å². The third kappa shape index (κ3) is 6.93. The molecule has 0 saturated carbocycles. The zero-order chi connectivity index (χ0) is 40.5. The van der Waals surface area contributed by atoms with Crippen molar-refractivity contribution in [3.63, 3.8) is 0 Å². The lowest BCUT2D eigenvalue weighted by Crippen LogP contribution is -2.10. The molecule has 0 aliphatic rings. The molecule has 1 heteroatoms. The summed E-state index contributed by atoms with van der Waals surface area (Å²) >= 11 is 0. The van der Waals surface area contributed by atoms with E-state index in [1.54, 1.807) is 0 Å². The van der Waals surface area contributed by atoms with Crippen molar-refractivity contribution in [1.29, 1.82) is 0 Å². The minimum Gasteiger partial charge on any atom is -0.310 e. The second kappa shape index (κ2) is 15.6. The Kier molecular flexibility index (Phi) is 9.26. The summed E-state index contributed by atoms with van der Waals surface area (Å²) in [6, 6.07) is 90.3. The van der Waals surface area contributed by atoms with Crippen LogP contribution in [0.3, 0.4) is 0 Å². The minimum atomic E-state index is 1.09. The third-order valence-electron chi connectivity index (χ3n) is 12.1. The van der Waals surface area contributed by atoms with Crippen LogP contribution in [0.4, 0.5) is 17.1 Å². The maximum atomic E-state index is 2.37. The predicted molar refractivity (Wildman–Crippen MR) is 261 cm³/mol. The van der Waals surface area contributed by atoms with Gasteiger partial charge >= 0.3 is 0 Å². The molecular weight excluding hydrogens is 735 g/mol. The van der Waals surface area contributed by atoms with Gasteiger partial charge in [-0.2, -0.15) is 0 Å². The van der Waals surface area contributed by atoms with Crippen LogP contribution in [0, 0.1) is 0 Å². The molecule has 61 heavy (non-hydrogen) atoms. The van der Waals surface area contributed by atoms with Crippen molar-refractivity contribution in [2.24, 2.45) is 0 Å². The largest absolute Gasteiger partial charge is 0.310 e. The van der Waals surface area contributed by atoms with Crippen molar-refractivity contribution in [1.82, 2.24) is 0 Å². The first-order valence-electron chi connectivity index (χ1n) is 21.0. The van der Waals surface area contributed by atoms with Crippen molar-refractivity contribution in [2.45, 2.75) is 0 Å². The molecular formula is C60H41N. The fourth-order valence-corrected chi connectivity index (χ4v) is 8.95. The van der Waals surface area contributed by atoms with Crippen LogP contribution >= 0.6 is 0 Å². The van der Waals surface area contributed by atoms with E-state index in [1.165, 1.54) is 88.0 Å². The van der Waals surface area contributed by atoms with Crippen molar-refractivity contribution >= 4 is 49.4 Å². The lowest BCUT2D eigenvalue weighted by Gasteiger charge is -2.26. The molecule has 0 spiro atoms. The highest BCUT2D eigenvalue weighted by Crippen LogP contribution is 2.41. The Balaban J connectivity index is 0.981. The monoisotopic (exact) mass is 775 g/mol. The Morgan fingerprint density at radius 3 is 1.25 bits per heavy atom. The van der Waals surface area contributed by atoms with Gasteiger partial charge in [-0.05, 0) is 124 Å². The van der Waals surface area contributed by atoms with Crippen LogP contribution in [0.5, 0.6) is 0 Å². The molecule has 0 aliphatic heterocycles. The van der Waals surface area contributed by atoms with E-state index >= 15 is 0 Å². The Bertz CT molecular complexity index is 3300. The summed E-state index contributed by atoms with van der Waals surface area (Å²) in [4.78, 5) is 2.37. The molecule has 0 radical (unpaired) electrons. The van der Waals surface area contributed by atoms with Gasteiger partial charge in [0.05, 0.1) is 0 Å². The van der Waals surface area contributed by atoms with Crippen LogP contribution in [0.15, 0.2) is 249 Å². The molecule has 0 fully saturated rings. The van der Waals surface area contributed by atoms with Crippen LogP contribution in [0.2, 0.25) is 0 Å². The Morgan fingerprint density at radius 2 is 0.639 bits per heavy atom. The van der Waals surface area contributed by atoms with Crippen LogP contribution < -0.4 is 4.90 Å². The maximum absolute atomic E-state index is 2.37. The Hall–Kier alpha value is -8.00. The SMILES string of the molecule is c1ccc(-c2ccc(-c3ccc(N(c4ccc(-c5cccc6ccc7c8ccccc8ccc7c56)cc4)c4cccc(-c5ccc(-c6ccccc6)cc5)c4)cc3)cc2)cc1. The summed E-state index contributed by atoms with van der Waals surface area (Å²) in [6.45, 7) is 0. The van der Waals surface area contributed by atoms with Crippen LogP contribution in [0.25, 0.3) is 88.0 Å². The molecule has 0 N–H and O–H groups in total. The number of nitrogens with zero attached hydrogens (tertiary/aromatic N) is 1. The van der Waals surface area contributed by atoms with Gasteiger partial charge in [0.15, 0.2) is 0 Å². The van der Waals surface area contributed by atoms with Gasteiger partial charge in [-0.15, -0.1) is 0 Å². The molecule has 0 heterocycles. The summed E-state index contributed by atoms with van der Waals surface area (Å²) in [5.41, 5.74) is 15.3. The lowest BCUT2D eigenvalue weighted by atomic mass is 9.91. The molecule has 11 aromatic carbocycles. The molecule has 0 unspecified atom stereocenters. The topological polar surface area (TPSA) is 3.24 Å². The number of hydrogen-bond acceptors (Lipinski definition) is 1. The van der Waals surface area contributed by atoms with E-state index in [-0.39, 0.29) is 0 Å². The minimum absolute atomic E-state index is 1.09. The van der Waals surface area contributed by atoms with Crippen LogP contribution in [-0.2, 0) is 0 Å². The van der Waals surface area contributed by atoms with Crippen molar-refractivity contribution < 1.29 is 0 Å². The predicted octanol–water partition coefficient (Wildman–Crippen LogP) is 17.0. The van der Waals surface area contributed by atoms with Crippen molar-refractivity contribution in [3.8, 4) is 55.6 Å². The molecule has 0 aliphatic carbocycles. The van der Waals surface area contributed by atoms with Gasteiger partial charge in [0, 0.05) is 17.1 Å². The average Bonchev–Trinajstić information content (AvgIpc) is 3.35. The summed E-state index contributed by atoms with van der Waals surface area (Å²) in [5, 5.41) is 7.64. The summed E-state index contributed by atoms with van der Waals surface area (Å²) in [6.07, 6.45) is 0. The van der Waals surface area contributed by atoms with E-state index in [0.717, 1.165) is 17.1 Å². The molecule has 0 amide bonds. The average molecular weight is 776 g/mol. The molecule has 286 valence electrons. The van der Waals surface area contributed by atoms with E-state index in [2.05, 4.69) is 254 Å². The first kappa shape index (κ1) is 36.1. The molecule has 0 atom stereocenters. The fourth-order valence-electron chi connectivity index (χ4n) is 8.95. The van der Waals surface area contributed by atoms with E-state index in [0.29, 0.717) is 0 Å². The zero-order valence-electron chi connectivity index (χ0n) is 33.6. The number of rotatable bonds is 8. The first-order chi connectivity index (χ1) is 30.2. The molecule has 0 aromatic heterocycles. The molecule has 1 nitrogen and oxygen atoms in total. The van der Waals surface area contributed by atoms with Crippen molar-refractivity contribution in [3.05, 3.63) is 249 Å². The number of fused-ring (bicyclic) bond motifs is 5. The highest BCUT2D eigenvalue weighted by molar-refractivity contribution is 6.20. The van der Waals surface area contributed by atoms with E-state index in [9.17, 15) is 0 Å². The standard InChI is InChI=1S/C60H41N/c1-3-11-42(12-4-1)44-21-23-46(24-22-44)47-29-35-53(36-30-47)61(55-18-9-17-52(41-55)48-27-25-45(26-28-48)43-13-5-2-6-14-43)54-37-31-50(32-38-54)57-20-10-16-51-34-39-58-56-19-8-7-15-49(56)33-40-59(58)60(51)57/h1-41H. The van der Waals surface area contributed by atoms with Gasteiger partial charge in [0.1, 0.15) is 0 Å². The summed E-state index contributed by atoms with van der Waals surface area (Å²) in [5.74, 6) is 0. The quantitative estimate of drug-likeness (QED) is 0.139. The van der Waals surface area contributed by atoms with Gasteiger partial charge in [0.25, 0.3) is 0 Å². The highest BCUT2D eigenvalue weighted by Gasteiger charge is 2.16. The maximum Gasteiger partial charge on any atom is 0.0467 e. The summed E-state index contributed by atoms with van der Waals surface area (Å²) < 4.78 is 0. The summed E-state index contributed by atoms with van der Waals surface area (Å²) in [7, 11) is 0. The molecule has 0 saturated heterocycles. The third-order valence-corrected chi connectivity index (χ3v) is 12.1. The fraction of sp³-hybridized carbons (Fsp3) is 0. The van der Waals surface area contributed by atoms with Gasteiger partial charge in [0.2, 0.25) is 0 Å². The Labute approximate surface area is 357 Å².